The number of amides is 2. The van der Waals surface area contributed by atoms with Crippen LogP contribution in [0.3, 0.4) is 0 Å². The van der Waals surface area contributed by atoms with Gasteiger partial charge >= 0.3 is 6.18 Å². The van der Waals surface area contributed by atoms with E-state index in [1.165, 1.54) is 11.0 Å². The molecule has 0 spiro atoms. The van der Waals surface area contributed by atoms with E-state index in [1.54, 1.807) is 6.92 Å². The lowest BCUT2D eigenvalue weighted by Gasteiger charge is -2.46. The molecule has 174 valence electrons. The highest BCUT2D eigenvalue weighted by Crippen LogP contribution is 2.36. The highest BCUT2D eigenvalue weighted by Gasteiger charge is 2.40. The van der Waals surface area contributed by atoms with Crippen molar-refractivity contribution in [2.45, 2.75) is 19.1 Å². The van der Waals surface area contributed by atoms with Gasteiger partial charge in [0.25, 0.3) is 11.8 Å². The molecule has 2 aliphatic rings. The number of aromatic nitrogens is 2. The van der Waals surface area contributed by atoms with Crippen LogP contribution in [0.2, 0.25) is 0 Å². The fraction of sp³-hybridized carbons (Fsp3) is 0.333. The molecule has 33 heavy (non-hydrogen) atoms. The summed E-state index contributed by atoms with van der Waals surface area (Å²) >= 11 is 0. The summed E-state index contributed by atoms with van der Waals surface area (Å²) in [7, 11) is 0. The molecule has 0 bridgehead atoms. The lowest BCUT2D eigenvalue weighted by atomic mass is 10.0. The van der Waals surface area contributed by atoms with Crippen molar-refractivity contribution in [1.29, 1.82) is 0 Å². The van der Waals surface area contributed by atoms with Crippen LogP contribution in [0.25, 0.3) is 0 Å². The lowest BCUT2D eigenvalue weighted by molar-refractivity contribution is -0.138. The molecular weight excluding hydrogens is 444 g/mol. The number of rotatable bonds is 3. The number of anilines is 2. The molecule has 1 saturated heterocycles. The molecule has 12 heteroatoms. The van der Waals surface area contributed by atoms with Gasteiger partial charge in [0.15, 0.2) is 11.5 Å². The number of carbonyl (C=O) groups is 2. The second kappa shape index (κ2) is 8.34. The van der Waals surface area contributed by atoms with Crippen molar-refractivity contribution in [2.75, 3.05) is 36.4 Å². The molecule has 8 nitrogen and oxygen atoms in total. The molecule has 3 heterocycles. The number of benzene rings is 1. The van der Waals surface area contributed by atoms with Gasteiger partial charge in [-0.2, -0.15) is 13.2 Å². The normalized spacial score (nSPS) is 17.7. The van der Waals surface area contributed by atoms with Crippen LogP contribution >= 0.6 is 0 Å². The van der Waals surface area contributed by atoms with Crippen LogP contribution in [0.1, 0.15) is 33.3 Å². The Morgan fingerprint density at radius 2 is 2.00 bits per heavy atom. The standard InChI is InChI=1S/C21H20F4N6O2/c1-3-26-19(32)16-9-15-18(29-28-16)31-7-6-30(10-17(31)11(2)27-15)20(33)13-8-12(22)4-5-14(13)21(23,24)25/h4-5,8-9,17,27H,2-3,6-7,10H2,1H3,(H,26,32). The maximum absolute atomic E-state index is 13.7. The Hall–Kier alpha value is -3.70. The van der Waals surface area contributed by atoms with Gasteiger partial charge in [0.2, 0.25) is 0 Å². The van der Waals surface area contributed by atoms with Gasteiger partial charge in [0, 0.05) is 31.9 Å². The van der Waals surface area contributed by atoms with Crippen molar-refractivity contribution in [1.82, 2.24) is 20.4 Å². The summed E-state index contributed by atoms with van der Waals surface area (Å²) in [5.41, 5.74) is -0.820. The number of fused-ring (bicyclic) bond motifs is 3. The van der Waals surface area contributed by atoms with Gasteiger partial charge in [-0.25, -0.2) is 4.39 Å². The summed E-state index contributed by atoms with van der Waals surface area (Å²) in [5, 5.41) is 13.8. The number of piperazine rings is 1. The number of nitrogens with zero attached hydrogens (tertiary/aromatic N) is 4. The third-order valence-electron chi connectivity index (χ3n) is 5.50. The van der Waals surface area contributed by atoms with Crippen LogP contribution in [-0.4, -0.2) is 59.1 Å². The fourth-order valence-corrected chi connectivity index (χ4v) is 3.94. The molecule has 2 amide bonds. The largest absolute Gasteiger partial charge is 0.417 e. The quantitative estimate of drug-likeness (QED) is 0.679. The molecule has 4 rings (SSSR count). The van der Waals surface area contributed by atoms with Gasteiger partial charge in [-0.1, -0.05) is 6.58 Å². The summed E-state index contributed by atoms with van der Waals surface area (Å²) < 4.78 is 53.8. The Morgan fingerprint density at radius 1 is 1.24 bits per heavy atom. The Morgan fingerprint density at radius 3 is 2.70 bits per heavy atom. The predicted octanol–water partition coefficient (Wildman–Crippen LogP) is 2.65. The molecule has 0 radical (unpaired) electrons. The Labute approximate surface area is 186 Å². The average molecular weight is 464 g/mol. The molecule has 1 aromatic carbocycles. The van der Waals surface area contributed by atoms with Crippen LogP contribution in [0.4, 0.5) is 29.1 Å². The van der Waals surface area contributed by atoms with E-state index in [-0.39, 0.29) is 31.2 Å². The molecule has 0 aliphatic carbocycles. The molecule has 0 saturated carbocycles. The van der Waals surface area contributed by atoms with Gasteiger partial charge in [0.05, 0.1) is 22.9 Å². The number of hydrogen-bond acceptors (Lipinski definition) is 6. The zero-order chi connectivity index (χ0) is 23.9. The summed E-state index contributed by atoms with van der Waals surface area (Å²) in [6.45, 7) is 6.49. The van der Waals surface area contributed by atoms with E-state index in [2.05, 4.69) is 27.4 Å². The maximum atomic E-state index is 13.7. The first-order valence-electron chi connectivity index (χ1n) is 10.1. The van der Waals surface area contributed by atoms with Gasteiger partial charge in [-0.3, -0.25) is 9.59 Å². The Bertz CT molecular complexity index is 1140. The van der Waals surface area contributed by atoms with Crippen molar-refractivity contribution in [3.8, 4) is 0 Å². The van der Waals surface area contributed by atoms with E-state index in [0.717, 1.165) is 0 Å². The average Bonchev–Trinajstić information content (AvgIpc) is 2.77. The third-order valence-corrected chi connectivity index (χ3v) is 5.50. The molecule has 2 aromatic rings. The first-order valence-corrected chi connectivity index (χ1v) is 10.1. The second-order valence-electron chi connectivity index (χ2n) is 7.62. The molecule has 1 atom stereocenters. The van der Waals surface area contributed by atoms with Crippen molar-refractivity contribution in [3.05, 3.63) is 59.2 Å². The first kappa shape index (κ1) is 22.5. The Kier molecular flexibility index (Phi) is 5.68. The van der Waals surface area contributed by atoms with Crippen LogP contribution in [0.15, 0.2) is 36.5 Å². The summed E-state index contributed by atoms with van der Waals surface area (Å²) in [4.78, 5) is 28.0. The number of carbonyl (C=O) groups excluding carboxylic acids is 2. The summed E-state index contributed by atoms with van der Waals surface area (Å²) in [5.74, 6) is -1.79. The topological polar surface area (TPSA) is 90.5 Å². The van der Waals surface area contributed by atoms with E-state index < -0.39 is 35.1 Å². The van der Waals surface area contributed by atoms with Crippen LogP contribution in [-0.2, 0) is 6.18 Å². The minimum atomic E-state index is -4.80. The van der Waals surface area contributed by atoms with Gasteiger partial charge in [0.1, 0.15) is 5.82 Å². The lowest BCUT2D eigenvalue weighted by Crippen LogP contribution is -2.58. The van der Waals surface area contributed by atoms with Crippen molar-refractivity contribution in [2.24, 2.45) is 0 Å². The first-order chi connectivity index (χ1) is 15.6. The van der Waals surface area contributed by atoms with E-state index in [4.69, 9.17) is 0 Å². The molecule has 1 aromatic heterocycles. The van der Waals surface area contributed by atoms with Gasteiger partial charge in [-0.05, 0) is 31.2 Å². The summed E-state index contributed by atoms with van der Waals surface area (Å²) in [6.07, 6.45) is -4.80. The minimum Gasteiger partial charge on any atom is -0.354 e. The summed E-state index contributed by atoms with van der Waals surface area (Å²) in [6, 6.07) is 2.89. The van der Waals surface area contributed by atoms with E-state index in [9.17, 15) is 27.2 Å². The van der Waals surface area contributed by atoms with Crippen LogP contribution < -0.4 is 15.5 Å². The zero-order valence-electron chi connectivity index (χ0n) is 17.5. The molecular formula is C21H20F4N6O2. The Balaban J connectivity index is 1.59. The number of nitrogens with one attached hydrogen (secondary N) is 2. The van der Waals surface area contributed by atoms with Gasteiger partial charge < -0.3 is 20.4 Å². The monoisotopic (exact) mass is 464 g/mol. The van der Waals surface area contributed by atoms with Crippen LogP contribution in [0, 0.1) is 5.82 Å². The highest BCUT2D eigenvalue weighted by atomic mass is 19.4. The number of alkyl halides is 3. The molecule has 1 fully saturated rings. The molecule has 1 unspecified atom stereocenters. The van der Waals surface area contributed by atoms with Gasteiger partial charge in [-0.15, -0.1) is 10.2 Å². The van der Waals surface area contributed by atoms with E-state index >= 15 is 0 Å². The zero-order valence-corrected chi connectivity index (χ0v) is 17.5. The highest BCUT2D eigenvalue weighted by molar-refractivity contribution is 5.96. The van der Waals surface area contributed by atoms with Crippen molar-refractivity contribution < 1.29 is 27.2 Å². The molecule has 2 aliphatic heterocycles. The smallest absolute Gasteiger partial charge is 0.354 e. The third kappa shape index (κ3) is 4.20. The number of hydrogen-bond donors (Lipinski definition) is 2. The van der Waals surface area contributed by atoms with E-state index in [0.29, 0.717) is 41.9 Å². The maximum Gasteiger partial charge on any atom is 0.417 e. The SMILES string of the molecule is C=C1Nc2cc(C(=O)NCC)nnc2N2CCN(C(=O)c3cc(F)ccc3C(F)(F)F)CC12. The van der Waals surface area contributed by atoms with Crippen molar-refractivity contribution >= 4 is 23.3 Å². The van der Waals surface area contributed by atoms with Crippen molar-refractivity contribution in [3.63, 3.8) is 0 Å². The molecule has 2 N–H and O–H groups in total. The fourth-order valence-electron chi connectivity index (χ4n) is 3.94. The van der Waals surface area contributed by atoms with E-state index in [1.807, 2.05) is 4.90 Å². The number of halogens is 4. The minimum absolute atomic E-state index is 0.0116. The predicted molar refractivity (Wildman–Crippen MR) is 111 cm³/mol. The second-order valence-corrected chi connectivity index (χ2v) is 7.62. The van der Waals surface area contributed by atoms with Crippen LogP contribution in [0.5, 0.6) is 0 Å².